The smallest absolute Gasteiger partial charge is 0.119 e. The molecule has 0 amide bonds. The van der Waals surface area contributed by atoms with Gasteiger partial charge in [0.05, 0.1) is 6.61 Å². The minimum Gasteiger partial charge on any atom is -0.494 e. The SMILES string of the molecule is CC1C2CNCC2CN1CCCOc1ccccc1. The molecule has 0 saturated carbocycles. The van der Waals surface area contributed by atoms with Crippen molar-refractivity contribution in [2.45, 2.75) is 19.4 Å². The summed E-state index contributed by atoms with van der Waals surface area (Å²) in [5, 5.41) is 3.51. The molecule has 104 valence electrons. The van der Waals surface area contributed by atoms with Crippen molar-refractivity contribution in [2.75, 3.05) is 32.8 Å². The molecule has 2 aliphatic heterocycles. The molecule has 1 N–H and O–H groups in total. The zero-order valence-electron chi connectivity index (χ0n) is 11.7. The fourth-order valence-electron chi connectivity index (χ4n) is 3.53. The summed E-state index contributed by atoms with van der Waals surface area (Å²) in [4.78, 5) is 2.64. The van der Waals surface area contributed by atoms with Gasteiger partial charge in [0.1, 0.15) is 5.75 Å². The first-order valence-electron chi connectivity index (χ1n) is 7.47. The predicted molar refractivity (Wildman–Crippen MR) is 77.4 cm³/mol. The fraction of sp³-hybridized carbons (Fsp3) is 0.625. The molecule has 1 aromatic rings. The molecule has 1 aromatic carbocycles. The number of hydrogen-bond donors (Lipinski definition) is 1. The van der Waals surface area contributed by atoms with Crippen LogP contribution in [0.5, 0.6) is 5.75 Å². The molecule has 2 saturated heterocycles. The summed E-state index contributed by atoms with van der Waals surface area (Å²) in [6.45, 7) is 8.07. The fourth-order valence-corrected chi connectivity index (χ4v) is 3.53. The number of benzene rings is 1. The molecule has 0 bridgehead atoms. The van der Waals surface area contributed by atoms with Crippen molar-refractivity contribution < 1.29 is 4.74 Å². The molecule has 0 aliphatic carbocycles. The molecule has 2 heterocycles. The molecule has 19 heavy (non-hydrogen) atoms. The van der Waals surface area contributed by atoms with Gasteiger partial charge in [0.25, 0.3) is 0 Å². The Hall–Kier alpha value is -1.06. The highest BCUT2D eigenvalue weighted by Crippen LogP contribution is 2.32. The van der Waals surface area contributed by atoms with Crippen LogP contribution in [0.25, 0.3) is 0 Å². The largest absolute Gasteiger partial charge is 0.494 e. The number of nitrogens with one attached hydrogen (secondary N) is 1. The first-order chi connectivity index (χ1) is 9.34. The van der Waals surface area contributed by atoms with Crippen molar-refractivity contribution in [1.82, 2.24) is 10.2 Å². The van der Waals surface area contributed by atoms with Crippen LogP contribution in [0, 0.1) is 11.8 Å². The monoisotopic (exact) mass is 260 g/mol. The summed E-state index contributed by atoms with van der Waals surface area (Å²) in [6, 6.07) is 10.8. The van der Waals surface area contributed by atoms with E-state index >= 15 is 0 Å². The lowest BCUT2D eigenvalue weighted by Gasteiger charge is -2.24. The van der Waals surface area contributed by atoms with Gasteiger partial charge in [-0.25, -0.2) is 0 Å². The summed E-state index contributed by atoms with van der Waals surface area (Å²) < 4.78 is 5.76. The maximum atomic E-state index is 5.76. The number of fused-ring (bicyclic) bond motifs is 1. The van der Waals surface area contributed by atoms with Crippen LogP contribution < -0.4 is 10.1 Å². The Morgan fingerprint density at radius 1 is 1.26 bits per heavy atom. The van der Waals surface area contributed by atoms with E-state index in [9.17, 15) is 0 Å². The van der Waals surface area contributed by atoms with Gasteiger partial charge in [0, 0.05) is 19.1 Å². The van der Waals surface area contributed by atoms with Crippen LogP contribution in [0.1, 0.15) is 13.3 Å². The third-order valence-corrected chi connectivity index (χ3v) is 4.66. The number of rotatable bonds is 5. The second kappa shape index (κ2) is 5.93. The molecule has 3 rings (SSSR count). The maximum Gasteiger partial charge on any atom is 0.119 e. The number of para-hydroxylation sites is 1. The Morgan fingerprint density at radius 3 is 2.89 bits per heavy atom. The van der Waals surface area contributed by atoms with Gasteiger partial charge in [-0.2, -0.15) is 0 Å². The Kier molecular flexibility index (Phi) is 4.04. The minimum atomic E-state index is 0.733. The molecule has 2 fully saturated rings. The van der Waals surface area contributed by atoms with E-state index < -0.39 is 0 Å². The van der Waals surface area contributed by atoms with Crippen LogP contribution in [0.4, 0.5) is 0 Å². The van der Waals surface area contributed by atoms with Crippen molar-refractivity contribution in [3.05, 3.63) is 30.3 Å². The van der Waals surface area contributed by atoms with Crippen LogP contribution in [0.3, 0.4) is 0 Å². The van der Waals surface area contributed by atoms with Crippen LogP contribution in [0.2, 0.25) is 0 Å². The summed E-state index contributed by atoms with van der Waals surface area (Å²) in [6.07, 6.45) is 1.12. The molecule has 3 heteroatoms. The maximum absolute atomic E-state index is 5.76. The average molecular weight is 260 g/mol. The average Bonchev–Trinajstić information content (AvgIpc) is 3.00. The van der Waals surface area contributed by atoms with Gasteiger partial charge in [0.2, 0.25) is 0 Å². The van der Waals surface area contributed by atoms with E-state index in [1.165, 1.54) is 26.2 Å². The first kappa shape index (κ1) is 12.9. The molecule has 3 atom stereocenters. The second-order valence-electron chi connectivity index (χ2n) is 5.83. The van der Waals surface area contributed by atoms with Crippen LogP contribution >= 0.6 is 0 Å². The first-order valence-corrected chi connectivity index (χ1v) is 7.47. The lowest BCUT2D eigenvalue weighted by molar-refractivity contribution is 0.212. The van der Waals surface area contributed by atoms with Crippen LogP contribution in [-0.4, -0.2) is 43.7 Å². The van der Waals surface area contributed by atoms with Gasteiger partial charge in [0.15, 0.2) is 0 Å². The Morgan fingerprint density at radius 2 is 2.11 bits per heavy atom. The number of nitrogens with zero attached hydrogens (tertiary/aromatic N) is 1. The molecule has 0 spiro atoms. The van der Waals surface area contributed by atoms with Gasteiger partial charge >= 0.3 is 0 Å². The normalized spacial score (nSPS) is 30.5. The highest BCUT2D eigenvalue weighted by molar-refractivity contribution is 5.20. The Balaban J connectivity index is 1.39. The lowest BCUT2D eigenvalue weighted by Crippen LogP contribution is -2.34. The highest BCUT2D eigenvalue weighted by Gasteiger charge is 2.41. The van der Waals surface area contributed by atoms with Crippen LogP contribution in [0.15, 0.2) is 30.3 Å². The summed E-state index contributed by atoms with van der Waals surface area (Å²) >= 11 is 0. The third kappa shape index (κ3) is 2.93. The zero-order chi connectivity index (χ0) is 13.1. The summed E-state index contributed by atoms with van der Waals surface area (Å²) in [7, 11) is 0. The van der Waals surface area contributed by atoms with E-state index in [0.29, 0.717) is 0 Å². The van der Waals surface area contributed by atoms with Crippen molar-refractivity contribution in [3.63, 3.8) is 0 Å². The van der Waals surface area contributed by atoms with E-state index in [4.69, 9.17) is 4.74 Å². The van der Waals surface area contributed by atoms with Gasteiger partial charge in [-0.15, -0.1) is 0 Å². The molecule has 2 aliphatic rings. The van der Waals surface area contributed by atoms with Crippen molar-refractivity contribution >= 4 is 0 Å². The molecule has 3 nitrogen and oxygen atoms in total. The molecular formula is C16H24N2O. The topological polar surface area (TPSA) is 24.5 Å². The van der Waals surface area contributed by atoms with Crippen molar-refractivity contribution in [1.29, 1.82) is 0 Å². The lowest BCUT2D eigenvalue weighted by atomic mass is 9.95. The Bertz CT molecular complexity index is 395. The van der Waals surface area contributed by atoms with Crippen molar-refractivity contribution in [3.8, 4) is 5.75 Å². The van der Waals surface area contributed by atoms with Gasteiger partial charge < -0.3 is 10.1 Å². The molecule has 0 radical (unpaired) electrons. The number of ether oxygens (including phenoxy) is 1. The zero-order valence-corrected chi connectivity index (χ0v) is 11.7. The van der Waals surface area contributed by atoms with Crippen LogP contribution in [-0.2, 0) is 0 Å². The number of hydrogen-bond acceptors (Lipinski definition) is 3. The number of likely N-dealkylation sites (tertiary alicyclic amines) is 1. The molecular weight excluding hydrogens is 236 g/mol. The Labute approximate surface area is 115 Å². The molecule has 3 unspecified atom stereocenters. The predicted octanol–water partition coefficient (Wildman–Crippen LogP) is 2.00. The van der Waals surface area contributed by atoms with E-state index in [1.807, 2.05) is 30.3 Å². The van der Waals surface area contributed by atoms with Gasteiger partial charge in [-0.05, 0) is 50.4 Å². The second-order valence-corrected chi connectivity index (χ2v) is 5.83. The van der Waals surface area contributed by atoms with Gasteiger partial charge in [-0.1, -0.05) is 18.2 Å². The third-order valence-electron chi connectivity index (χ3n) is 4.66. The van der Waals surface area contributed by atoms with E-state index in [2.05, 4.69) is 17.1 Å². The van der Waals surface area contributed by atoms with Crippen molar-refractivity contribution in [2.24, 2.45) is 11.8 Å². The van der Waals surface area contributed by atoms with E-state index in [1.54, 1.807) is 0 Å². The van der Waals surface area contributed by atoms with E-state index in [-0.39, 0.29) is 0 Å². The standard InChI is InChI=1S/C16H24N2O/c1-13-16-11-17-10-14(16)12-18(13)8-5-9-19-15-6-3-2-4-7-15/h2-4,6-7,13-14,16-17H,5,8-12H2,1H3. The van der Waals surface area contributed by atoms with Gasteiger partial charge in [-0.3, -0.25) is 4.90 Å². The summed E-state index contributed by atoms with van der Waals surface area (Å²) in [5.41, 5.74) is 0. The quantitative estimate of drug-likeness (QED) is 0.820. The highest BCUT2D eigenvalue weighted by atomic mass is 16.5. The minimum absolute atomic E-state index is 0.733. The van der Waals surface area contributed by atoms with E-state index in [0.717, 1.165) is 36.7 Å². The molecule has 0 aromatic heterocycles. The summed E-state index contributed by atoms with van der Waals surface area (Å²) in [5.74, 6) is 2.73.